The molecule has 5 heteroatoms. The van der Waals surface area contributed by atoms with E-state index in [1.54, 1.807) is 0 Å². The Hall–Kier alpha value is -9.32. The lowest BCUT2D eigenvalue weighted by Gasteiger charge is -2.21. The number of hydrogen-bond donors (Lipinski definition) is 0. The Labute approximate surface area is 415 Å². The second-order valence-electron chi connectivity index (χ2n) is 19.8. The van der Waals surface area contributed by atoms with Crippen LogP contribution >= 0.6 is 0 Å². The van der Waals surface area contributed by atoms with E-state index >= 15 is 0 Å². The first-order valence-electron chi connectivity index (χ1n) is 24.7. The molecule has 0 saturated carbocycles. The number of furan rings is 1. The molecular weight excluding hydrogens is 877 g/mol. The topological polar surface area (TPSA) is 48.8 Å². The quantitative estimate of drug-likeness (QED) is 0.167. The number of nitrogens with zero attached hydrogens (tertiary/aromatic N) is 4. The minimum atomic E-state index is -0.154. The Kier molecular flexibility index (Phi) is 8.64. The van der Waals surface area contributed by atoms with Crippen molar-refractivity contribution < 1.29 is 4.42 Å². The molecule has 72 heavy (non-hydrogen) atoms. The summed E-state index contributed by atoms with van der Waals surface area (Å²) in [6, 6.07) is 82.9. The van der Waals surface area contributed by atoms with Gasteiger partial charge in [0.25, 0.3) is 0 Å². The van der Waals surface area contributed by atoms with Crippen molar-refractivity contribution in [3.63, 3.8) is 0 Å². The maximum absolute atomic E-state index is 6.67. The molecule has 15 rings (SSSR count). The van der Waals surface area contributed by atoms with Gasteiger partial charge in [-0.05, 0) is 124 Å². The van der Waals surface area contributed by atoms with Gasteiger partial charge >= 0.3 is 0 Å². The van der Waals surface area contributed by atoms with Gasteiger partial charge in [-0.2, -0.15) is 0 Å². The lowest BCUT2D eigenvalue weighted by molar-refractivity contribution is 0.661. The third-order valence-corrected chi connectivity index (χ3v) is 15.3. The number of aromatic nitrogens is 4. The van der Waals surface area contributed by atoms with Crippen LogP contribution in [0.25, 0.3) is 133 Å². The molecule has 4 aromatic heterocycles. The molecule has 0 bridgehead atoms. The van der Waals surface area contributed by atoms with Gasteiger partial charge in [0.1, 0.15) is 11.2 Å². The molecule has 0 unspecified atom stereocenters. The average Bonchev–Trinajstić information content (AvgIpc) is 4.14. The first kappa shape index (κ1) is 40.6. The second-order valence-corrected chi connectivity index (χ2v) is 19.8. The van der Waals surface area contributed by atoms with Crippen LogP contribution in [0.5, 0.6) is 0 Å². The predicted octanol–water partition coefficient (Wildman–Crippen LogP) is 17.5. The minimum absolute atomic E-state index is 0.154. The van der Waals surface area contributed by atoms with Gasteiger partial charge in [-0.3, -0.25) is 0 Å². The molecule has 10 aromatic carbocycles. The third kappa shape index (κ3) is 6.07. The van der Waals surface area contributed by atoms with E-state index < -0.39 is 0 Å². The lowest BCUT2D eigenvalue weighted by Crippen LogP contribution is -2.14. The highest BCUT2D eigenvalue weighted by Gasteiger charge is 2.36. The molecule has 1 aliphatic carbocycles. The van der Waals surface area contributed by atoms with Gasteiger partial charge < -0.3 is 13.6 Å². The van der Waals surface area contributed by atoms with Gasteiger partial charge in [0.15, 0.2) is 5.82 Å². The molecule has 0 saturated heterocycles. The number of rotatable bonds is 6. The van der Waals surface area contributed by atoms with Crippen molar-refractivity contribution in [1.29, 1.82) is 0 Å². The third-order valence-electron chi connectivity index (χ3n) is 15.3. The maximum Gasteiger partial charge on any atom is 0.160 e. The summed E-state index contributed by atoms with van der Waals surface area (Å²) in [6.45, 7) is 4.72. The van der Waals surface area contributed by atoms with Crippen molar-refractivity contribution in [3.8, 4) is 67.5 Å². The van der Waals surface area contributed by atoms with E-state index in [0.717, 1.165) is 83.6 Å². The molecule has 0 amide bonds. The van der Waals surface area contributed by atoms with Gasteiger partial charge in [0.05, 0.1) is 33.5 Å². The number of hydrogen-bond acceptors (Lipinski definition) is 3. The van der Waals surface area contributed by atoms with E-state index in [-0.39, 0.29) is 5.41 Å². The summed E-state index contributed by atoms with van der Waals surface area (Å²) in [5.41, 5.74) is 20.9. The minimum Gasteiger partial charge on any atom is -0.456 e. The number of fused-ring (bicyclic) bond motifs is 12. The second kappa shape index (κ2) is 15.3. The summed E-state index contributed by atoms with van der Waals surface area (Å²) in [4.78, 5) is 10.3. The average molecular weight is 921 g/mol. The lowest BCUT2D eigenvalue weighted by atomic mass is 9.82. The zero-order valence-corrected chi connectivity index (χ0v) is 39.6. The molecule has 1 aliphatic rings. The Bertz CT molecular complexity index is 4450. The van der Waals surface area contributed by atoms with Crippen molar-refractivity contribution >= 4 is 65.6 Å². The van der Waals surface area contributed by atoms with E-state index in [2.05, 4.69) is 241 Å². The highest BCUT2D eigenvalue weighted by atomic mass is 16.3. The summed E-state index contributed by atoms with van der Waals surface area (Å²) in [7, 11) is 0. The molecule has 0 N–H and O–H groups in total. The van der Waals surface area contributed by atoms with Gasteiger partial charge in [-0.25, -0.2) is 9.97 Å². The van der Waals surface area contributed by atoms with Crippen LogP contribution < -0.4 is 0 Å². The number of benzene rings is 10. The van der Waals surface area contributed by atoms with Crippen LogP contribution in [0.2, 0.25) is 0 Å². The molecule has 5 nitrogen and oxygen atoms in total. The molecule has 0 radical (unpaired) electrons. The van der Waals surface area contributed by atoms with Crippen LogP contribution in [-0.2, 0) is 5.41 Å². The van der Waals surface area contributed by atoms with Crippen molar-refractivity contribution in [2.75, 3.05) is 0 Å². The SMILES string of the molecule is CC1(C)c2ccccc2-c2cc3c4cc(-c5ccc6oc7cc8c(cc7c6c5)c5ccccc5n8-c5ccccc5)ccc4n(-c4ccc(-c5nc(-c6ccccc6)cc(-c6ccccc6)n5)cc4)c3cc21. The molecule has 4 heterocycles. The van der Waals surface area contributed by atoms with Gasteiger partial charge in [0.2, 0.25) is 0 Å². The van der Waals surface area contributed by atoms with Crippen molar-refractivity contribution in [3.05, 3.63) is 242 Å². The molecule has 338 valence electrons. The molecule has 0 aliphatic heterocycles. The fourth-order valence-electron chi connectivity index (χ4n) is 11.8. The van der Waals surface area contributed by atoms with Crippen LogP contribution in [0.15, 0.2) is 235 Å². The van der Waals surface area contributed by atoms with Crippen LogP contribution in [-0.4, -0.2) is 19.1 Å². The van der Waals surface area contributed by atoms with E-state index in [1.807, 2.05) is 12.1 Å². The zero-order chi connectivity index (χ0) is 47.7. The molecular formula is C67H44N4O. The monoisotopic (exact) mass is 920 g/mol. The van der Waals surface area contributed by atoms with Crippen molar-refractivity contribution in [2.45, 2.75) is 19.3 Å². The normalized spacial score (nSPS) is 13.0. The van der Waals surface area contributed by atoms with Crippen LogP contribution in [0.3, 0.4) is 0 Å². The van der Waals surface area contributed by atoms with Crippen molar-refractivity contribution in [2.24, 2.45) is 0 Å². The summed E-state index contributed by atoms with van der Waals surface area (Å²) in [6.07, 6.45) is 0. The van der Waals surface area contributed by atoms with Crippen LogP contribution in [0.1, 0.15) is 25.0 Å². The van der Waals surface area contributed by atoms with Crippen molar-refractivity contribution in [1.82, 2.24) is 19.1 Å². The number of para-hydroxylation sites is 2. The summed E-state index contributed by atoms with van der Waals surface area (Å²) >= 11 is 0. The molecule has 0 spiro atoms. The predicted molar refractivity (Wildman–Crippen MR) is 297 cm³/mol. The van der Waals surface area contributed by atoms with Gasteiger partial charge in [0, 0.05) is 71.9 Å². The Balaban J connectivity index is 0.892. The first-order valence-corrected chi connectivity index (χ1v) is 24.7. The summed E-state index contributed by atoms with van der Waals surface area (Å²) < 4.78 is 11.5. The smallest absolute Gasteiger partial charge is 0.160 e. The standard InChI is InChI=1S/C67H44N4O/c1-67(2)56-24-14-12-22-48(56)50-36-53-51-34-44(45-29-33-64-54(35-45)55-37-52-49-23-13-15-25-60(49)70(46-20-10-5-11-21-46)63(52)40-65(55)72-64)28-32-61(51)71(62(53)38-57(50)67)47-30-26-43(27-31-47)66-68-58(41-16-6-3-7-17-41)39-59(69-66)42-18-8-4-9-19-42/h3-40H,1-2H3. The van der Waals surface area contributed by atoms with Crippen LogP contribution in [0, 0.1) is 0 Å². The summed E-state index contributed by atoms with van der Waals surface area (Å²) in [5.74, 6) is 0.691. The first-order chi connectivity index (χ1) is 35.4. The zero-order valence-electron chi connectivity index (χ0n) is 39.6. The van der Waals surface area contributed by atoms with Gasteiger partial charge in [-0.1, -0.05) is 147 Å². The fourth-order valence-corrected chi connectivity index (χ4v) is 11.8. The Morgan fingerprint density at radius 1 is 0.333 bits per heavy atom. The van der Waals surface area contributed by atoms with E-state index in [4.69, 9.17) is 14.4 Å². The molecule has 0 atom stereocenters. The fraction of sp³-hybridized carbons (Fsp3) is 0.0448. The Morgan fingerprint density at radius 2 is 0.875 bits per heavy atom. The van der Waals surface area contributed by atoms with Gasteiger partial charge in [-0.15, -0.1) is 0 Å². The van der Waals surface area contributed by atoms with E-state index in [9.17, 15) is 0 Å². The van der Waals surface area contributed by atoms with E-state index in [0.29, 0.717) is 5.82 Å². The molecule has 14 aromatic rings. The van der Waals surface area contributed by atoms with Crippen LogP contribution in [0.4, 0.5) is 0 Å². The highest BCUT2D eigenvalue weighted by molar-refractivity contribution is 6.18. The maximum atomic E-state index is 6.67. The highest BCUT2D eigenvalue weighted by Crippen LogP contribution is 2.51. The Morgan fingerprint density at radius 3 is 1.61 bits per heavy atom. The largest absolute Gasteiger partial charge is 0.456 e. The summed E-state index contributed by atoms with van der Waals surface area (Å²) in [5, 5.41) is 7.08. The van der Waals surface area contributed by atoms with E-state index in [1.165, 1.54) is 54.8 Å². The molecule has 0 fully saturated rings.